The van der Waals surface area contributed by atoms with Crippen LogP contribution in [0.2, 0.25) is 0 Å². The summed E-state index contributed by atoms with van der Waals surface area (Å²) in [6, 6.07) is 7.82. The lowest BCUT2D eigenvalue weighted by atomic mass is 10.2. The molecule has 0 aliphatic heterocycles. The number of carboxylic acid groups (broad SMARTS) is 1. The summed E-state index contributed by atoms with van der Waals surface area (Å²) < 4.78 is 1.03. The average Bonchev–Trinajstić information content (AvgIpc) is 2.67. The van der Waals surface area contributed by atoms with E-state index in [4.69, 9.17) is 5.11 Å². The molecule has 2 N–H and O–H groups in total. The molecular formula is C13H15NO2S. The van der Waals surface area contributed by atoms with Gasteiger partial charge in [0.2, 0.25) is 0 Å². The fraction of sp³-hybridized carbons (Fsp3) is 0.308. The number of hydrogen-bond donors (Lipinski definition) is 2. The van der Waals surface area contributed by atoms with Gasteiger partial charge in [-0.3, -0.25) is 0 Å². The SMILES string of the molecule is CC(C)NCc1cc2ccc(C(=O)O)cc2s1. The Labute approximate surface area is 104 Å². The molecule has 0 saturated heterocycles. The summed E-state index contributed by atoms with van der Waals surface area (Å²) in [5.74, 6) is -0.873. The first kappa shape index (κ1) is 12.1. The Balaban J connectivity index is 2.27. The second-order valence-electron chi connectivity index (χ2n) is 4.31. The highest BCUT2D eigenvalue weighted by molar-refractivity contribution is 7.19. The van der Waals surface area contributed by atoms with Crippen LogP contribution in [0.4, 0.5) is 0 Å². The Hall–Kier alpha value is -1.39. The van der Waals surface area contributed by atoms with Gasteiger partial charge in [0.1, 0.15) is 0 Å². The van der Waals surface area contributed by atoms with E-state index in [1.165, 1.54) is 4.88 Å². The normalized spacial score (nSPS) is 11.2. The third-order valence-electron chi connectivity index (χ3n) is 2.50. The smallest absolute Gasteiger partial charge is 0.335 e. The number of thiophene rings is 1. The molecule has 0 radical (unpaired) electrons. The number of benzene rings is 1. The molecule has 4 heteroatoms. The minimum atomic E-state index is -0.873. The molecule has 0 spiro atoms. The van der Waals surface area contributed by atoms with Gasteiger partial charge in [0.15, 0.2) is 0 Å². The number of carbonyl (C=O) groups is 1. The van der Waals surface area contributed by atoms with Gasteiger partial charge in [-0.2, -0.15) is 0 Å². The highest BCUT2D eigenvalue weighted by atomic mass is 32.1. The van der Waals surface area contributed by atoms with E-state index >= 15 is 0 Å². The Morgan fingerprint density at radius 2 is 2.18 bits per heavy atom. The zero-order valence-corrected chi connectivity index (χ0v) is 10.7. The molecule has 0 aliphatic carbocycles. The van der Waals surface area contributed by atoms with Gasteiger partial charge in [-0.1, -0.05) is 19.9 Å². The topological polar surface area (TPSA) is 49.3 Å². The van der Waals surface area contributed by atoms with Crippen LogP contribution in [0.1, 0.15) is 29.1 Å². The standard InChI is InChI=1S/C13H15NO2S/c1-8(2)14-7-11-5-9-3-4-10(13(15)16)6-12(9)17-11/h3-6,8,14H,7H2,1-2H3,(H,15,16). The molecule has 2 aromatic rings. The van der Waals surface area contributed by atoms with E-state index in [1.54, 1.807) is 23.5 Å². The second kappa shape index (κ2) is 4.85. The summed E-state index contributed by atoms with van der Waals surface area (Å²) in [6.07, 6.45) is 0. The van der Waals surface area contributed by atoms with E-state index in [1.807, 2.05) is 6.07 Å². The van der Waals surface area contributed by atoms with E-state index in [0.717, 1.165) is 16.6 Å². The number of aromatic carboxylic acids is 1. The van der Waals surface area contributed by atoms with Crippen molar-refractivity contribution in [2.75, 3.05) is 0 Å². The summed E-state index contributed by atoms with van der Waals surface area (Å²) in [6.45, 7) is 5.05. The van der Waals surface area contributed by atoms with E-state index < -0.39 is 5.97 Å². The van der Waals surface area contributed by atoms with Gasteiger partial charge < -0.3 is 10.4 Å². The lowest BCUT2D eigenvalue weighted by Gasteiger charge is -2.04. The molecule has 1 heterocycles. The van der Waals surface area contributed by atoms with Crippen LogP contribution >= 0.6 is 11.3 Å². The third kappa shape index (κ3) is 2.84. The van der Waals surface area contributed by atoms with Gasteiger partial charge >= 0.3 is 5.97 Å². The van der Waals surface area contributed by atoms with Gasteiger partial charge in [-0.05, 0) is 23.6 Å². The summed E-state index contributed by atoms with van der Waals surface area (Å²) >= 11 is 1.64. The Kier molecular flexibility index (Phi) is 3.45. The quantitative estimate of drug-likeness (QED) is 0.875. The monoisotopic (exact) mass is 249 g/mol. The second-order valence-corrected chi connectivity index (χ2v) is 5.47. The lowest BCUT2D eigenvalue weighted by molar-refractivity contribution is 0.0697. The molecule has 1 aromatic heterocycles. The predicted octanol–water partition coefficient (Wildman–Crippen LogP) is 3.10. The molecule has 2 rings (SSSR count). The fourth-order valence-corrected chi connectivity index (χ4v) is 2.67. The fourth-order valence-electron chi connectivity index (χ4n) is 1.61. The van der Waals surface area contributed by atoms with Crippen molar-refractivity contribution in [3.8, 4) is 0 Å². The highest BCUT2D eigenvalue weighted by Crippen LogP contribution is 2.26. The number of carboxylic acids is 1. The van der Waals surface area contributed by atoms with Crippen molar-refractivity contribution in [3.63, 3.8) is 0 Å². The summed E-state index contributed by atoms with van der Waals surface area (Å²) in [5, 5.41) is 13.4. The third-order valence-corrected chi connectivity index (χ3v) is 3.60. The Bertz CT molecular complexity index is 545. The van der Waals surface area contributed by atoms with Crippen molar-refractivity contribution in [1.29, 1.82) is 0 Å². The van der Waals surface area contributed by atoms with Crippen molar-refractivity contribution in [1.82, 2.24) is 5.32 Å². The zero-order valence-electron chi connectivity index (χ0n) is 9.86. The first-order chi connectivity index (χ1) is 8.06. The van der Waals surface area contributed by atoms with Crippen LogP contribution in [-0.2, 0) is 6.54 Å². The lowest BCUT2D eigenvalue weighted by Crippen LogP contribution is -2.21. The van der Waals surface area contributed by atoms with Gasteiger partial charge in [0.05, 0.1) is 5.56 Å². The van der Waals surface area contributed by atoms with Crippen LogP contribution in [0, 0.1) is 0 Å². The molecule has 90 valence electrons. The van der Waals surface area contributed by atoms with Gasteiger partial charge in [0, 0.05) is 22.2 Å². The maximum atomic E-state index is 10.9. The average molecular weight is 249 g/mol. The van der Waals surface area contributed by atoms with Crippen molar-refractivity contribution in [2.24, 2.45) is 0 Å². The Morgan fingerprint density at radius 3 is 2.82 bits per heavy atom. The molecular weight excluding hydrogens is 234 g/mol. The van der Waals surface area contributed by atoms with Gasteiger partial charge in [-0.25, -0.2) is 4.79 Å². The molecule has 0 bridgehead atoms. The largest absolute Gasteiger partial charge is 0.478 e. The zero-order chi connectivity index (χ0) is 12.4. The van der Waals surface area contributed by atoms with Gasteiger partial charge in [0.25, 0.3) is 0 Å². The van der Waals surface area contributed by atoms with Crippen LogP contribution in [-0.4, -0.2) is 17.1 Å². The molecule has 0 atom stereocenters. The molecule has 0 unspecified atom stereocenters. The summed E-state index contributed by atoms with van der Waals surface area (Å²) in [4.78, 5) is 12.1. The number of hydrogen-bond acceptors (Lipinski definition) is 3. The first-order valence-corrected chi connectivity index (χ1v) is 6.37. The Morgan fingerprint density at radius 1 is 1.41 bits per heavy atom. The van der Waals surface area contributed by atoms with Crippen molar-refractivity contribution in [2.45, 2.75) is 26.4 Å². The highest BCUT2D eigenvalue weighted by Gasteiger charge is 2.07. The number of rotatable bonds is 4. The minimum Gasteiger partial charge on any atom is -0.478 e. The summed E-state index contributed by atoms with van der Waals surface area (Å²) in [5.41, 5.74) is 0.350. The minimum absolute atomic E-state index is 0.350. The van der Waals surface area contributed by atoms with Crippen LogP contribution in [0.25, 0.3) is 10.1 Å². The molecule has 0 amide bonds. The van der Waals surface area contributed by atoms with E-state index in [9.17, 15) is 4.79 Å². The molecule has 0 saturated carbocycles. The summed E-state index contributed by atoms with van der Waals surface area (Å²) in [7, 11) is 0. The van der Waals surface area contributed by atoms with E-state index in [0.29, 0.717) is 11.6 Å². The number of fused-ring (bicyclic) bond motifs is 1. The van der Waals surface area contributed by atoms with Crippen LogP contribution in [0.15, 0.2) is 24.3 Å². The van der Waals surface area contributed by atoms with E-state index in [-0.39, 0.29) is 0 Å². The van der Waals surface area contributed by atoms with E-state index in [2.05, 4.69) is 25.2 Å². The molecule has 0 aliphatic rings. The first-order valence-electron chi connectivity index (χ1n) is 5.55. The van der Waals surface area contributed by atoms with Crippen molar-refractivity contribution < 1.29 is 9.90 Å². The van der Waals surface area contributed by atoms with Crippen molar-refractivity contribution in [3.05, 3.63) is 34.7 Å². The molecule has 3 nitrogen and oxygen atoms in total. The predicted molar refractivity (Wildman–Crippen MR) is 70.8 cm³/mol. The maximum absolute atomic E-state index is 10.9. The molecule has 1 aromatic carbocycles. The van der Waals surface area contributed by atoms with Crippen molar-refractivity contribution >= 4 is 27.4 Å². The molecule has 0 fully saturated rings. The van der Waals surface area contributed by atoms with Crippen LogP contribution < -0.4 is 5.32 Å². The van der Waals surface area contributed by atoms with Crippen LogP contribution in [0.5, 0.6) is 0 Å². The maximum Gasteiger partial charge on any atom is 0.335 e. The van der Waals surface area contributed by atoms with Gasteiger partial charge in [-0.15, -0.1) is 11.3 Å². The molecule has 17 heavy (non-hydrogen) atoms. The number of nitrogens with one attached hydrogen (secondary N) is 1. The van der Waals surface area contributed by atoms with Crippen LogP contribution in [0.3, 0.4) is 0 Å².